The van der Waals surface area contributed by atoms with E-state index in [1.54, 1.807) is 7.11 Å². The Bertz CT molecular complexity index is 429. The molecule has 1 aromatic heterocycles. The van der Waals surface area contributed by atoms with Crippen LogP contribution in [-0.4, -0.2) is 36.1 Å². The van der Waals surface area contributed by atoms with Gasteiger partial charge in [-0.2, -0.15) is 0 Å². The van der Waals surface area contributed by atoms with Crippen molar-refractivity contribution in [3.8, 4) is 5.75 Å². The Labute approximate surface area is 121 Å². The molecule has 0 amide bonds. The topological polar surface area (TPSA) is 51.4 Å². The van der Waals surface area contributed by atoms with Crippen LogP contribution in [0, 0.1) is 19.8 Å². The van der Waals surface area contributed by atoms with Crippen LogP contribution in [0.1, 0.15) is 23.7 Å². The Morgan fingerprint density at radius 2 is 2.11 bits per heavy atom. The lowest BCUT2D eigenvalue weighted by Crippen LogP contribution is -2.28. The van der Waals surface area contributed by atoms with Crippen LogP contribution in [0.4, 0.5) is 0 Å². The van der Waals surface area contributed by atoms with E-state index in [4.69, 9.17) is 10.5 Å². The summed E-state index contributed by atoms with van der Waals surface area (Å²) >= 11 is 0. The lowest BCUT2D eigenvalue weighted by molar-refractivity contribution is 0.312. The van der Waals surface area contributed by atoms with Crippen LogP contribution in [0.25, 0.3) is 0 Å². The average Bonchev–Trinajstić information content (AvgIpc) is 2.63. The number of methoxy groups -OCH3 is 1. The Kier molecular flexibility index (Phi) is 5.59. The summed E-state index contributed by atoms with van der Waals surface area (Å²) in [5.74, 6) is 1.52. The number of aryl methyl sites for hydroxylation is 1. The smallest absolute Gasteiger partial charge is 0.128 e. The van der Waals surface area contributed by atoms with Crippen LogP contribution >= 0.6 is 12.4 Å². The largest absolute Gasteiger partial charge is 0.496 e. The quantitative estimate of drug-likeness (QED) is 0.922. The molecule has 2 heterocycles. The van der Waals surface area contributed by atoms with E-state index >= 15 is 0 Å². The predicted molar refractivity (Wildman–Crippen MR) is 79.9 cm³/mol. The standard InChI is InChI=1S/C14H23N3O.ClH/c1-9-5-16-13(11(3)14(9)18-4)8-17-6-10(2)12(15)7-17;/h5,10,12H,6-8,15H2,1-4H3;1H. The number of ether oxygens (including phenoxy) is 1. The van der Waals surface area contributed by atoms with Gasteiger partial charge in [-0.05, 0) is 19.8 Å². The second kappa shape index (κ2) is 6.55. The average molecular weight is 286 g/mol. The van der Waals surface area contributed by atoms with Crippen LogP contribution in [-0.2, 0) is 6.54 Å². The summed E-state index contributed by atoms with van der Waals surface area (Å²) in [5, 5.41) is 0. The minimum atomic E-state index is 0. The fraction of sp³-hybridized carbons (Fsp3) is 0.643. The Morgan fingerprint density at radius 3 is 2.63 bits per heavy atom. The van der Waals surface area contributed by atoms with Gasteiger partial charge < -0.3 is 10.5 Å². The van der Waals surface area contributed by atoms with Gasteiger partial charge >= 0.3 is 0 Å². The van der Waals surface area contributed by atoms with Gasteiger partial charge in [0.25, 0.3) is 0 Å². The molecule has 2 rings (SSSR count). The van der Waals surface area contributed by atoms with Crippen molar-refractivity contribution < 1.29 is 4.74 Å². The van der Waals surface area contributed by atoms with E-state index in [9.17, 15) is 0 Å². The van der Waals surface area contributed by atoms with Gasteiger partial charge in [0.15, 0.2) is 0 Å². The lowest BCUT2D eigenvalue weighted by Gasteiger charge is -2.18. The first-order chi connectivity index (χ1) is 8.52. The molecule has 1 aromatic rings. The maximum atomic E-state index is 6.05. The third kappa shape index (κ3) is 3.38. The Morgan fingerprint density at radius 1 is 1.42 bits per heavy atom. The van der Waals surface area contributed by atoms with E-state index in [1.165, 1.54) is 0 Å². The van der Waals surface area contributed by atoms with Gasteiger partial charge in [-0.15, -0.1) is 12.4 Å². The zero-order valence-electron chi connectivity index (χ0n) is 12.1. The van der Waals surface area contributed by atoms with E-state index < -0.39 is 0 Å². The SMILES string of the molecule is COc1c(C)cnc(CN2CC(C)C(N)C2)c1C.Cl. The van der Waals surface area contributed by atoms with Gasteiger partial charge in [0.1, 0.15) is 5.75 Å². The molecular formula is C14H24ClN3O. The van der Waals surface area contributed by atoms with E-state index in [0.717, 1.165) is 42.2 Å². The highest BCUT2D eigenvalue weighted by molar-refractivity contribution is 5.85. The van der Waals surface area contributed by atoms with Gasteiger partial charge in [0, 0.05) is 43.0 Å². The Hall–Kier alpha value is -0.840. The minimum absolute atomic E-state index is 0. The zero-order chi connectivity index (χ0) is 13.3. The number of aromatic nitrogens is 1. The summed E-state index contributed by atoms with van der Waals surface area (Å²) in [6.45, 7) is 9.18. The molecule has 0 spiro atoms. The summed E-state index contributed by atoms with van der Waals surface area (Å²) in [6, 6.07) is 0.289. The molecule has 2 N–H and O–H groups in total. The molecule has 1 aliphatic rings. The molecule has 5 heteroatoms. The van der Waals surface area contributed by atoms with Crippen molar-refractivity contribution in [3.05, 3.63) is 23.0 Å². The Balaban J connectivity index is 0.00000180. The molecule has 4 nitrogen and oxygen atoms in total. The number of hydrogen-bond donors (Lipinski definition) is 1. The maximum Gasteiger partial charge on any atom is 0.128 e. The molecule has 0 radical (unpaired) electrons. The molecule has 2 atom stereocenters. The molecule has 0 saturated carbocycles. The fourth-order valence-corrected chi connectivity index (χ4v) is 2.67. The summed E-state index contributed by atoms with van der Waals surface area (Å²) in [5.41, 5.74) is 9.38. The number of hydrogen-bond acceptors (Lipinski definition) is 4. The molecule has 2 unspecified atom stereocenters. The van der Waals surface area contributed by atoms with E-state index in [2.05, 4.69) is 23.7 Å². The number of rotatable bonds is 3. The summed E-state index contributed by atoms with van der Waals surface area (Å²) in [6.07, 6.45) is 1.89. The van der Waals surface area contributed by atoms with Crippen molar-refractivity contribution in [1.29, 1.82) is 0 Å². The van der Waals surface area contributed by atoms with E-state index in [1.807, 2.05) is 13.1 Å². The first-order valence-electron chi connectivity index (χ1n) is 6.50. The number of nitrogens with two attached hydrogens (primary N) is 1. The normalized spacial score (nSPS) is 23.2. The lowest BCUT2D eigenvalue weighted by atomic mass is 10.1. The third-order valence-corrected chi connectivity index (χ3v) is 3.87. The van der Waals surface area contributed by atoms with Crippen molar-refractivity contribution in [2.75, 3.05) is 20.2 Å². The highest BCUT2D eigenvalue weighted by Crippen LogP contribution is 2.26. The van der Waals surface area contributed by atoms with Gasteiger partial charge in [0.2, 0.25) is 0 Å². The van der Waals surface area contributed by atoms with Gasteiger partial charge in [-0.25, -0.2) is 0 Å². The summed E-state index contributed by atoms with van der Waals surface area (Å²) in [7, 11) is 1.72. The molecule has 108 valence electrons. The maximum absolute atomic E-state index is 6.05. The van der Waals surface area contributed by atoms with Crippen molar-refractivity contribution in [2.45, 2.75) is 33.4 Å². The van der Waals surface area contributed by atoms with Crippen LogP contribution in [0.2, 0.25) is 0 Å². The van der Waals surface area contributed by atoms with E-state index in [0.29, 0.717) is 5.92 Å². The molecule has 0 bridgehead atoms. The van der Waals surface area contributed by atoms with Crippen LogP contribution in [0.3, 0.4) is 0 Å². The third-order valence-electron chi connectivity index (χ3n) is 3.87. The van der Waals surface area contributed by atoms with E-state index in [-0.39, 0.29) is 18.4 Å². The van der Waals surface area contributed by atoms with Gasteiger partial charge in [-0.1, -0.05) is 6.92 Å². The second-order valence-electron chi connectivity index (χ2n) is 5.38. The summed E-state index contributed by atoms with van der Waals surface area (Å²) in [4.78, 5) is 6.91. The van der Waals surface area contributed by atoms with Crippen molar-refractivity contribution >= 4 is 12.4 Å². The fourth-order valence-electron chi connectivity index (χ4n) is 2.67. The molecule has 0 aliphatic carbocycles. The molecule has 1 saturated heterocycles. The van der Waals surface area contributed by atoms with Crippen molar-refractivity contribution in [3.63, 3.8) is 0 Å². The van der Waals surface area contributed by atoms with Crippen molar-refractivity contribution in [1.82, 2.24) is 9.88 Å². The number of nitrogens with zero attached hydrogens (tertiary/aromatic N) is 2. The molecule has 19 heavy (non-hydrogen) atoms. The zero-order valence-corrected chi connectivity index (χ0v) is 13.0. The van der Waals surface area contributed by atoms with Crippen LogP contribution in [0.15, 0.2) is 6.20 Å². The molecule has 1 fully saturated rings. The molecule has 0 aromatic carbocycles. The highest BCUT2D eigenvalue weighted by Gasteiger charge is 2.27. The van der Waals surface area contributed by atoms with Gasteiger partial charge in [0.05, 0.1) is 12.8 Å². The first-order valence-corrected chi connectivity index (χ1v) is 6.50. The highest BCUT2D eigenvalue weighted by atomic mass is 35.5. The molecular weight excluding hydrogens is 262 g/mol. The van der Waals surface area contributed by atoms with Gasteiger partial charge in [-0.3, -0.25) is 9.88 Å². The monoisotopic (exact) mass is 285 g/mol. The number of likely N-dealkylation sites (tertiary alicyclic amines) is 1. The minimum Gasteiger partial charge on any atom is -0.496 e. The summed E-state index contributed by atoms with van der Waals surface area (Å²) < 4.78 is 5.44. The van der Waals surface area contributed by atoms with Crippen LogP contribution in [0.5, 0.6) is 5.75 Å². The van der Waals surface area contributed by atoms with Crippen LogP contribution < -0.4 is 10.5 Å². The van der Waals surface area contributed by atoms with Crippen molar-refractivity contribution in [2.24, 2.45) is 11.7 Å². The number of pyridine rings is 1. The predicted octanol–water partition coefficient (Wildman–Crippen LogP) is 1.91. The number of halogens is 1. The second-order valence-corrected chi connectivity index (χ2v) is 5.38. The molecule has 1 aliphatic heterocycles. The first kappa shape index (κ1) is 16.2.